The van der Waals surface area contributed by atoms with E-state index in [0.29, 0.717) is 23.8 Å². The maximum Gasteiger partial charge on any atom is 0.256 e. The van der Waals surface area contributed by atoms with Crippen molar-refractivity contribution in [1.29, 1.82) is 0 Å². The summed E-state index contributed by atoms with van der Waals surface area (Å²) in [7, 11) is 1.61. The molecule has 0 radical (unpaired) electrons. The first-order valence-electron chi connectivity index (χ1n) is 10.8. The van der Waals surface area contributed by atoms with Crippen molar-refractivity contribution >= 4 is 22.4 Å². The Morgan fingerprint density at radius 3 is 2.58 bits per heavy atom. The molecule has 0 saturated heterocycles. The van der Waals surface area contributed by atoms with E-state index in [1.54, 1.807) is 13.2 Å². The number of nitrogens with zero attached hydrogens (tertiary/aromatic N) is 2. The third-order valence-electron chi connectivity index (χ3n) is 5.30. The summed E-state index contributed by atoms with van der Waals surface area (Å²) in [4.78, 5) is 21.4. The van der Waals surface area contributed by atoms with Crippen LogP contribution in [0.3, 0.4) is 0 Å². The van der Waals surface area contributed by atoms with E-state index in [2.05, 4.69) is 42.1 Å². The number of fused-ring (bicyclic) bond motifs is 1. The maximum atomic E-state index is 13.1. The van der Waals surface area contributed by atoms with E-state index in [-0.39, 0.29) is 11.3 Å². The number of hydrogen-bond acceptors (Lipinski definition) is 5. The zero-order valence-electron chi connectivity index (χ0n) is 19.3. The average Bonchev–Trinajstić information content (AvgIpc) is 2.78. The summed E-state index contributed by atoms with van der Waals surface area (Å²) in [6.07, 6.45) is 1.45. The molecule has 4 aromatic rings. The van der Waals surface area contributed by atoms with Crippen molar-refractivity contribution in [3.05, 3.63) is 89.9 Å². The Morgan fingerprint density at radius 2 is 1.79 bits per heavy atom. The van der Waals surface area contributed by atoms with E-state index in [1.807, 2.05) is 54.6 Å². The number of amides is 1. The van der Waals surface area contributed by atoms with E-state index in [4.69, 9.17) is 9.47 Å². The number of anilines is 1. The SMILES string of the molecule is COCc1cc(Oc2ccc3c(C(=O)Nc4cccc(C(C)(C)C)c4)cccc3c2)ncn1. The standard InChI is InChI=1S/C27H27N3O3/c1-27(2,3)19-8-6-9-20(14-19)30-26(31)24-10-5-7-18-13-22(11-12-23(18)24)33-25-15-21(16-32-4)28-17-29-25/h5-15,17H,16H2,1-4H3,(H,30,31). The molecule has 0 fully saturated rings. The first kappa shape index (κ1) is 22.4. The summed E-state index contributed by atoms with van der Waals surface area (Å²) >= 11 is 0. The molecule has 1 amide bonds. The molecule has 0 atom stereocenters. The second kappa shape index (κ2) is 9.38. The van der Waals surface area contributed by atoms with Crippen molar-refractivity contribution in [2.75, 3.05) is 12.4 Å². The zero-order valence-corrected chi connectivity index (χ0v) is 19.3. The molecule has 0 aliphatic carbocycles. The lowest BCUT2D eigenvalue weighted by atomic mass is 9.87. The topological polar surface area (TPSA) is 73.3 Å². The van der Waals surface area contributed by atoms with Gasteiger partial charge in [-0.2, -0.15) is 0 Å². The van der Waals surface area contributed by atoms with Crippen LogP contribution in [-0.4, -0.2) is 23.0 Å². The van der Waals surface area contributed by atoms with E-state index in [1.165, 1.54) is 11.9 Å². The fraction of sp³-hybridized carbons (Fsp3) is 0.222. The number of hydrogen-bond donors (Lipinski definition) is 1. The molecule has 1 aromatic heterocycles. The predicted molar refractivity (Wildman–Crippen MR) is 130 cm³/mol. The largest absolute Gasteiger partial charge is 0.439 e. The highest BCUT2D eigenvalue weighted by atomic mass is 16.5. The monoisotopic (exact) mass is 441 g/mol. The van der Waals surface area contributed by atoms with Gasteiger partial charge in [0.15, 0.2) is 0 Å². The van der Waals surface area contributed by atoms with Gasteiger partial charge in [-0.25, -0.2) is 9.97 Å². The smallest absolute Gasteiger partial charge is 0.256 e. The Balaban J connectivity index is 1.57. The van der Waals surface area contributed by atoms with Crippen LogP contribution in [0.5, 0.6) is 11.6 Å². The van der Waals surface area contributed by atoms with Crippen molar-refractivity contribution in [2.45, 2.75) is 32.8 Å². The lowest BCUT2D eigenvalue weighted by Gasteiger charge is -2.20. The molecule has 0 saturated carbocycles. The fourth-order valence-corrected chi connectivity index (χ4v) is 3.57. The average molecular weight is 442 g/mol. The Morgan fingerprint density at radius 1 is 0.970 bits per heavy atom. The molecule has 4 rings (SSSR count). The third kappa shape index (κ3) is 5.35. The van der Waals surface area contributed by atoms with E-state index in [0.717, 1.165) is 22.2 Å². The summed E-state index contributed by atoms with van der Waals surface area (Å²) in [6, 6.07) is 21.0. The molecule has 33 heavy (non-hydrogen) atoms. The summed E-state index contributed by atoms with van der Waals surface area (Å²) in [6.45, 7) is 6.84. The molecule has 0 unspecified atom stereocenters. The van der Waals surface area contributed by atoms with Crippen LogP contribution in [0.4, 0.5) is 5.69 Å². The highest BCUT2D eigenvalue weighted by Gasteiger charge is 2.16. The quantitative estimate of drug-likeness (QED) is 0.390. The number of rotatable bonds is 6. The molecule has 0 spiro atoms. The van der Waals surface area contributed by atoms with Gasteiger partial charge in [-0.1, -0.05) is 45.0 Å². The number of nitrogens with one attached hydrogen (secondary N) is 1. The summed E-state index contributed by atoms with van der Waals surface area (Å²) in [5.74, 6) is 0.907. The molecular formula is C27H27N3O3. The Kier molecular flexibility index (Phi) is 6.38. The van der Waals surface area contributed by atoms with Crippen molar-refractivity contribution in [2.24, 2.45) is 0 Å². The molecule has 6 heteroatoms. The third-order valence-corrected chi connectivity index (χ3v) is 5.30. The summed E-state index contributed by atoms with van der Waals surface area (Å²) < 4.78 is 11.0. The Bertz CT molecular complexity index is 1300. The molecule has 6 nitrogen and oxygen atoms in total. The molecule has 168 valence electrons. The van der Waals surface area contributed by atoms with Crippen LogP contribution < -0.4 is 10.1 Å². The van der Waals surface area contributed by atoms with Crippen molar-refractivity contribution in [3.63, 3.8) is 0 Å². The number of methoxy groups -OCH3 is 1. The fourth-order valence-electron chi connectivity index (χ4n) is 3.57. The number of ether oxygens (including phenoxy) is 2. The van der Waals surface area contributed by atoms with Crippen LogP contribution in [0.2, 0.25) is 0 Å². The van der Waals surface area contributed by atoms with Gasteiger partial charge in [0.1, 0.15) is 12.1 Å². The van der Waals surface area contributed by atoms with Crippen LogP contribution in [0.25, 0.3) is 10.8 Å². The molecule has 0 aliphatic rings. The lowest BCUT2D eigenvalue weighted by Crippen LogP contribution is -2.15. The lowest BCUT2D eigenvalue weighted by molar-refractivity contribution is 0.102. The van der Waals surface area contributed by atoms with Gasteiger partial charge < -0.3 is 14.8 Å². The van der Waals surface area contributed by atoms with Crippen LogP contribution in [0.15, 0.2) is 73.1 Å². The highest BCUT2D eigenvalue weighted by Crippen LogP contribution is 2.28. The predicted octanol–water partition coefficient (Wildman–Crippen LogP) is 6.12. The van der Waals surface area contributed by atoms with Crippen molar-refractivity contribution in [3.8, 4) is 11.6 Å². The summed E-state index contributed by atoms with van der Waals surface area (Å²) in [5.41, 5.74) is 3.28. The van der Waals surface area contributed by atoms with Crippen molar-refractivity contribution in [1.82, 2.24) is 9.97 Å². The zero-order chi connectivity index (χ0) is 23.4. The minimum Gasteiger partial charge on any atom is -0.439 e. The van der Waals surface area contributed by atoms with E-state index in [9.17, 15) is 4.79 Å². The minimum absolute atomic E-state index is 0.00455. The van der Waals surface area contributed by atoms with Gasteiger partial charge in [0, 0.05) is 24.4 Å². The first-order chi connectivity index (χ1) is 15.8. The maximum absolute atomic E-state index is 13.1. The number of benzene rings is 3. The second-order valence-corrected chi connectivity index (χ2v) is 8.86. The molecule has 0 aliphatic heterocycles. The van der Waals surface area contributed by atoms with Gasteiger partial charge in [-0.3, -0.25) is 4.79 Å². The number of carbonyl (C=O) groups excluding carboxylic acids is 1. The van der Waals surface area contributed by atoms with Gasteiger partial charge >= 0.3 is 0 Å². The van der Waals surface area contributed by atoms with Gasteiger partial charge in [0.25, 0.3) is 5.91 Å². The van der Waals surface area contributed by atoms with Gasteiger partial charge in [-0.05, 0) is 58.1 Å². The highest BCUT2D eigenvalue weighted by molar-refractivity contribution is 6.13. The minimum atomic E-state index is -0.152. The number of aromatic nitrogens is 2. The Hall–Kier alpha value is -3.77. The van der Waals surface area contributed by atoms with E-state index >= 15 is 0 Å². The first-order valence-corrected chi connectivity index (χ1v) is 10.8. The van der Waals surface area contributed by atoms with Gasteiger partial charge in [0.05, 0.1) is 12.3 Å². The molecule has 0 bridgehead atoms. The molecular weight excluding hydrogens is 414 g/mol. The molecule has 3 aromatic carbocycles. The van der Waals surface area contributed by atoms with Crippen molar-refractivity contribution < 1.29 is 14.3 Å². The normalized spacial score (nSPS) is 11.4. The molecule has 1 N–H and O–H groups in total. The van der Waals surface area contributed by atoms with Crippen LogP contribution in [-0.2, 0) is 16.8 Å². The van der Waals surface area contributed by atoms with Crippen LogP contribution >= 0.6 is 0 Å². The number of carbonyl (C=O) groups is 1. The van der Waals surface area contributed by atoms with Crippen LogP contribution in [0, 0.1) is 0 Å². The molecule has 1 heterocycles. The second-order valence-electron chi connectivity index (χ2n) is 8.86. The Labute approximate surface area is 193 Å². The van der Waals surface area contributed by atoms with Crippen LogP contribution in [0.1, 0.15) is 42.4 Å². The summed E-state index contributed by atoms with van der Waals surface area (Å²) in [5, 5.41) is 4.78. The van der Waals surface area contributed by atoms with E-state index < -0.39 is 0 Å². The van der Waals surface area contributed by atoms with Gasteiger partial charge in [-0.15, -0.1) is 0 Å². The van der Waals surface area contributed by atoms with Gasteiger partial charge in [0.2, 0.25) is 5.88 Å².